The lowest BCUT2D eigenvalue weighted by molar-refractivity contribution is 0.0743. The van der Waals surface area contributed by atoms with Crippen LogP contribution in [0.4, 0.5) is 17.6 Å². The number of likely N-dealkylation sites (tertiary alicyclic amines) is 1. The van der Waals surface area contributed by atoms with Gasteiger partial charge < -0.3 is 20.5 Å². The SMILES string of the molecule is Nc1nc(Nc2ccccc2)nc(-c2noc(C(=O)N3CCCC3)n2)n1. The van der Waals surface area contributed by atoms with Crippen LogP contribution in [0.2, 0.25) is 0 Å². The van der Waals surface area contributed by atoms with Gasteiger partial charge in [-0.1, -0.05) is 23.4 Å². The van der Waals surface area contributed by atoms with Gasteiger partial charge in [0.15, 0.2) is 0 Å². The molecule has 26 heavy (non-hydrogen) atoms. The van der Waals surface area contributed by atoms with Crippen molar-refractivity contribution in [2.45, 2.75) is 12.8 Å². The fraction of sp³-hybridized carbons (Fsp3) is 0.250. The second-order valence-corrected chi connectivity index (χ2v) is 5.75. The van der Waals surface area contributed by atoms with Crippen LogP contribution in [0.5, 0.6) is 0 Å². The predicted octanol–water partition coefficient (Wildman–Crippen LogP) is 1.48. The molecule has 0 radical (unpaired) electrons. The van der Waals surface area contributed by atoms with Crippen molar-refractivity contribution in [3.8, 4) is 11.6 Å². The molecule has 3 aromatic rings. The summed E-state index contributed by atoms with van der Waals surface area (Å²) >= 11 is 0. The normalized spacial score (nSPS) is 13.8. The Morgan fingerprint density at radius 3 is 2.58 bits per heavy atom. The van der Waals surface area contributed by atoms with E-state index in [1.54, 1.807) is 4.90 Å². The molecule has 132 valence electrons. The van der Waals surface area contributed by atoms with Gasteiger partial charge in [0.25, 0.3) is 0 Å². The van der Waals surface area contributed by atoms with E-state index < -0.39 is 0 Å². The first-order valence-corrected chi connectivity index (χ1v) is 8.16. The number of nitrogens with zero attached hydrogens (tertiary/aromatic N) is 6. The lowest BCUT2D eigenvalue weighted by atomic mass is 10.3. The molecule has 0 bridgehead atoms. The van der Waals surface area contributed by atoms with E-state index in [1.807, 2.05) is 30.3 Å². The second kappa shape index (κ2) is 6.75. The van der Waals surface area contributed by atoms with E-state index in [9.17, 15) is 4.79 Å². The Hall–Kier alpha value is -3.56. The van der Waals surface area contributed by atoms with Crippen molar-refractivity contribution in [2.75, 3.05) is 24.1 Å². The minimum Gasteiger partial charge on any atom is -0.368 e. The van der Waals surface area contributed by atoms with Gasteiger partial charge in [0.1, 0.15) is 0 Å². The summed E-state index contributed by atoms with van der Waals surface area (Å²) in [4.78, 5) is 30.4. The molecule has 0 atom stereocenters. The molecule has 3 N–H and O–H groups in total. The van der Waals surface area contributed by atoms with Crippen LogP contribution in [0.3, 0.4) is 0 Å². The van der Waals surface area contributed by atoms with E-state index in [2.05, 4.69) is 30.4 Å². The number of nitrogens with one attached hydrogen (secondary N) is 1. The number of amides is 1. The molecule has 1 aliphatic rings. The number of nitrogens with two attached hydrogens (primary N) is 1. The summed E-state index contributed by atoms with van der Waals surface area (Å²) in [6.45, 7) is 1.39. The zero-order valence-electron chi connectivity index (χ0n) is 13.8. The lowest BCUT2D eigenvalue weighted by Crippen LogP contribution is -2.27. The van der Waals surface area contributed by atoms with Crippen LogP contribution in [0, 0.1) is 0 Å². The Labute approximate surface area is 148 Å². The van der Waals surface area contributed by atoms with E-state index in [4.69, 9.17) is 10.3 Å². The van der Waals surface area contributed by atoms with Crippen LogP contribution in [0.15, 0.2) is 34.9 Å². The van der Waals surface area contributed by atoms with Crippen LogP contribution in [-0.2, 0) is 0 Å². The first-order chi connectivity index (χ1) is 12.7. The van der Waals surface area contributed by atoms with Gasteiger partial charge in [-0.15, -0.1) is 0 Å². The van der Waals surface area contributed by atoms with Crippen LogP contribution >= 0.6 is 0 Å². The number of aromatic nitrogens is 5. The molecule has 0 saturated carbocycles. The van der Waals surface area contributed by atoms with Crippen LogP contribution in [0.25, 0.3) is 11.6 Å². The zero-order chi connectivity index (χ0) is 17.9. The maximum Gasteiger partial charge on any atom is 0.316 e. The third-order valence-corrected chi connectivity index (χ3v) is 3.88. The highest BCUT2D eigenvalue weighted by Gasteiger charge is 2.25. The van der Waals surface area contributed by atoms with Gasteiger partial charge in [0, 0.05) is 18.8 Å². The number of para-hydroxylation sites is 1. The van der Waals surface area contributed by atoms with Crippen molar-refractivity contribution >= 4 is 23.5 Å². The van der Waals surface area contributed by atoms with Gasteiger partial charge in [-0.25, -0.2) is 0 Å². The van der Waals surface area contributed by atoms with E-state index in [0.29, 0.717) is 13.1 Å². The summed E-state index contributed by atoms with van der Waals surface area (Å²) in [5.74, 6) is 0.0869. The van der Waals surface area contributed by atoms with E-state index in [1.165, 1.54) is 0 Å². The summed E-state index contributed by atoms with van der Waals surface area (Å²) in [5.41, 5.74) is 6.55. The Balaban J connectivity index is 1.58. The van der Waals surface area contributed by atoms with Gasteiger partial charge in [-0.3, -0.25) is 4.79 Å². The first-order valence-electron chi connectivity index (χ1n) is 8.16. The average molecular weight is 352 g/mol. The number of anilines is 3. The minimum atomic E-state index is -0.286. The van der Waals surface area contributed by atoms with Crippen molar-refractivity contribution in [1.82, 2.24) is 30.0 Å². The van der Waals surface area contributed by atoms with E-state index >= 15 is 0 Å². The Kier molecular flexibility index (Phi) is 4.14. The van der Waals surface area contributed by atoms with E-state index in [0.717, 1.165) is 18.5 Å². The third-order valence-electron chi connectivity index (χ3n) is 3.88. The van der Waals surface area contributed by atoms with Crippen molar-refractivity contribution in [2.24, 2.45) is 0 Å². The van der Waals surface area contributed by atoms with Crippen molar-refractivity contribution < 1.29 is 9.32 Å². The van der Waals surface area contributed by atoms with Gasteiger partial charge >= 0.3 is 11.8 Å². The zero-order valence-corrected chi connectivity index (χ0v) is 13.8. The van der Waals surface area contributed by atoms with Gasteiger partial charge in [0.05, 0.1) is 0 Å². The molecule has 10 heteroatoms. The monoisotopic (exact) mass is 352 g/mol. The van der Waals surface area contributed by atoms with Gasteiger partial charge in [0.2, 0.25) is 23.5 Å². The lowest BCUT2D eigenvalue weighted by Gasteiger charge is -2.10. The Morgan fingerprint density at radius 2 is 1.81 bits per heavy atom. The van der Waals surface area contributed by atoms with Crippen molar-refractivity contribution in [1.29, 1.82) is 0 Å². The quantitative estimate of drug-likeness (QED) is 0.715. The summed E-state index contributed by atoms with van der Waals surface area (Å²) in [5, 5.41) is 6.82. The molecule has 1 amide bonds. The topological polar surface area (TPSA) is 136 Å². The molecule has 1 fully saturated rings. The Bertz CT molecular complexity index is 921. The molecule has 0 spiro atoms. The molecule has 0 unspecified atom stereocenters. The number of nitrogen functional groups attached to an aromatic ring is 1. The molecule has 1 aliphatic heterocycles. The standard InChI is InChI=1S/C16H16N8O2/c17-15-20-11(21-16(22-15)18-10-6-2-1-3-7-10)12-19-13(26-23-12)14(25)24-8-4-5-9-24/h1-3,6-7H,4-5,8-9H2,(H3,17,18,20,21,22). The molecular weight excluding hydrogens is 336 g/mol. The van der Waals surface area contributed by atoms with Gasteiger partial charge in [-0.05, 0) is 25.0 Å². The molecule has 1 aromatic carbocycles. The smallest absolute Gasteiger partial charge is 0.316 e. The Morgan fingerprint density at radius 1 is 1.04 bits per heavy atom. The highest BCUT2D eigenvalue weighted by molar-refractivity contribution is 5.90. The fourth-order valence-electron chi connectivity index (χ4n) is 2.66. The maximum atomic E-state index is 12.3. The molecule has 10 nitrogen and oxygen atoms in total. The molecule has 2 aromatic heterocycles. The predicted molar refractivity (Wildman–Crippen MR) is 92.4 cm³/mol. The average Bonchev–Trinajstić information content (AvgIpc) is 3.34. The summed E-state index contributed by atoms with van der Waals surface area (Å²) in [6.07, 6.45) is 1.95. The van der Waals surface area contributed by atoms with Crippen LogP contribution < -0.4 is 11.1 Å². The second-order valence-electron chi connectivity index (χ2n) is 5.75. The van der Waals surface area contributed by atoms with Crippen LogP contribution in [-0.4, -0.2) is 49.0 Å². The number of hydrogen-bond donors (Lipinski definition) is 2. The van der Waals surface area contributed by atoms with E-state index in [-0.39, 0.29) is 35.3 Å². The molecular formula is C16H16N8O2. The molecule has 0 aliphatic carbocycles. The highest BCUT2D eigenvalue weighted by Crippen LogP contribution is 2.18. The molecule has 1 saturated heterocycles. The molecule has 4 rings (SSSR count). The first kappa shape index (κ1) is 15.9. The summed E-state index contributed by atoms with van der Waals surface area (Å²) in [7, 11) is 0. The van der Waals surface area contributed by atoms with Crippen LogP contribution in [0.1, 0.15) is 23.5 Å². The minimum absolute atomic E-state index is 0.00523. The maximum absolute atomic E-state index is 12.3. The number of carbonyl (C=O) groups is 1. The molecule has 3 heterocycles. The number of rotatable bonds is 4. The van der Waals surface area contributed by atoms with Crippen molar-refractivity contribution in [3.05, 3.63) is 36.2 Å². The summed E-state index contributed by atoms with van der Waals surface area (Å²) < 4.78 is 5.08. The summed E-state index contributed by atoms with van der Waals surface area (Å²) in [6, 6.07) is 9.38. The number of hydrogen-bond acceptors (Lipinski definition) is 9. The highest BCUT2D eigenvalue weighted by atomic mass is 16.5. The van der Waals surface area contributed by atoms with Gasteiger partial charge in [-0.2, -0.15) is 19.9 Å². The number of benzene rings is 1. The third kappa shape index (κ3) is 3.29. The van der Waals surface area contributed by atoms with Crippen molar-refractivity contribution in [3.63, 3.8) is 0 Å². The fourth-order valence-corrected chi connectivity index (χ4v) is 2.66. The largest absolute Gasteiger partial charge is 0.368 e. The number of carbonyl (C=O) groups excluding carboxylic acids is 1.